The highest BCUT2D eigenvalue weighted by Gasteiger charge is 2.30. The van der Waals surface area contributed by atoms with E-state index < -0.39 is 15.8 Å². The van der Waals surface area contributed by atoms with Crippen LogP contribution in [0, 0.1) is 5.92 Å². The van der Waals surface area contributed by atoms with Crippen LogP contribution in [-0.4, -0.2) is 42.4 Å². The Morgan fingerprint density at radius 3 is 2.14 bits per heavy atom. The molecule has 22 heavy (non-hydrogen) atoms. The van der Waals surface area contributed by atoms with E-state index in [2.05, 4.69) is 5.32 Å². The van der Waals surface area contributed by atoms with E-state index in [1.807, 2.05) is 0 Å². The van der Waals surface area contributed by atoms with Gasteiger partial charge in [-0.2, -0.15) is 0 Å². The minimum atomic E-state index is -3.15. The summed E-state index contributed by atoms with van der Waals surface area (Å²) in [4.78, 5) is 22.8. The first-order chi connectivity index (χ1) is 10.4. The van der Waals surface area contributed by atoms with E-state index in [9.17, 15) is 18.0 Å². The molecule has 1 amide bonds. The van der Waals surface area contributed by atoms with Crippen LogP contribution in [0.4, 0.5) is 0 Å². The van der Waals surface area contributed by atoms with E-state index in [1.54, 1.807) is 0 Å². The Labute approximate surface area is 131 Å². The number of carbonyl (C=O) groups excluding carboxylic acids is 1. The fourth-order valence-corrected chi connectivity index (χ4v) is 5.29. The van der Waals surface area contributed by atoms with Gasteiger partial charge in [0.15, 0.2) is 9.84 Å². The lowest BCUT2D eigenvalue weighted by molar-refractivity contribution is -0.142. The number of carboxylic acid groups (broad SMARTS) is 1. The summed E-state index contributed by atoms with van der Waals surface area (Å²) in [6, 6.07) is -0.0164. The van der Waals surface area contributed by atoms with Crippen molar-refractivity contribution in [2.75, 3.05) is 5.75 Å². The Hall–Kier alpha value is -1.11. The SMILES string of the molecule is O=C(CCS(=O)(=O)C1CCCC1)NC1CCC(C(=O)O)CC1. The summed E-state index contributed by atoms with van der Waals surface area (Å²) < 4.78 is 24.2. The van der Waals surface area contributed by atoms with Crippen molar-refractivity contribution in [1.82, 2.24) is 5.32 Å². The molecule has 0 aromatic rings. The van der Waals surface area contributed by atoms with Gasteiger partial charge in [0.05, 0.1) is 16.9 Å². The summed E-state index contributed by atoms with van der Waals surface area (Å²) in [7, 11) is -3.15. The molecule has 2 saturated carbocycles. The molecule has 0 aromatic carbocycles. The molecule has 0 atom stereocenters. The molecule has 0 aromatic heterocycles. The molecule has 2 rings (SSSR count). The van der Waals surface area contributed by atoms with E-state index in [4.69, 9.17) is 5.11 Å². The summed E-state index contributed by atoms with van der Waals surface area (Å²) in [5.74, 6) is -1.39. The first-order valence-electron chi connectivity index (χ1n) is 8.12. The third-order valence-electron chi connectivity index (χ3n) is 4.87. The van der Waals surface area contributed by atoms with Gasteiger partial charge in [0.1, 0.15) is 0 Å². The van der Waals surface area contributed by atoms with Crippen LogP contribution in [-0.2, 0) is 19.4 Å². The van der Waals surface area contributed by atoms with Gasteiger partial charge in [0.25, 0.3) is 0 Å². The molecule has 2 aliphatic carbocycles. The third kappa shape index (κ3) is 4.69. The first kappa shape index (κ1) is 17.2. The predicted molar refractivity (Wildman–Crippen MR) is 82.2 cm³/mol. The monoisotopic (exact) mass is 331 g/mol. The number of amides is 1. The average molecular weight is 331 g/mol. The van der Waals surface area contributed by atoms with Gasteiger partial charge in [0, 0.05) is 12.5 Å². The van der Waals surface area contributed by atoms with Crippen molar-refractivity contribution in [3.05, 3.63) is 0 Å². The Balaban J connectivity index is 1.71. The highest BCUT2D eigenvalue weighted by atomic mass is 32.2. The zero-order chi connectivity index (χ0) is 16.2. The maximum absolute atomic E-state index is 12.1. The van der Waals surface area contributed by atoms with Gasteiger partial charge in [-0.15, -0.1) is 0 Å². The van der Waals surface area contributed by atoms with Crippen molar-refractivity contribution in [3.8, 4) is 0 Å². The first-order valence-corrected chi connectivity index (χ1v) is 9.84. The zero-order valence-corrected chi connectivity index (χ0v) is 13.6. The molecule has 0 spiro atoms. The van der Waals surface area contributed by atoms with Crippen molar-refractivity contribution < 1.29 is 23.1 Å². The van der Waals surface area contributed by atoms with E-state index in [1.165, 1.54) is 0 Å². The lowest BCUT2D eigenvalue weighted by atomic mass is 9.86. The molecular weight excluding hydrogens is 306 g/mol. The van der Waals surface area contributed by atoms with Crippen molar-refractivity contribution in [1.29, 1.82) is 0 Å². The normalized spacial score (nSPS) is 26.7. The Bertz CT molecular complexity index is 502. The standard InChI is InChI=1S/C15H25NO5S/c17-14(9-10-22(20,21)13-3-1-2-4-13)16-12-7-5-11(6-8-12)15(18)19/h11-13H,1-10H2,(H,16,17)(H,18,19). The number of nitrogens with one attached hydrogen (secondary N) is 1. The van der Waals surface area contributed by atoms with Crippen LogP contribution in [0.5, 0.6) is 0 Å². The summed E-state index contributed by atoms with van der Waals surface area (Å²) >= 11 is 0. The summed E-state index contributed by atoms with van der Waals surface area (Å²) in [5, 5.41) is 11.5. The largest absolute Gasteiger partial charge is 0.481 e. The number of carbonyl (C=O) groups is 2. The Morgan fingerprint density at radius 2 is 1.59 bits per heavy atom. The molecule has 0 radical (unpaired) electrons. The molecule has 2 aliphatic rings. The lowest BCUT2D eigenvalue weighted by Gasteiger charge is -2.26. The van der Waals surface area contributed by atoms with Gasteiger partial charge in [-0.1, -0.05) is 12.8 Å². The van der Waals surface area contributed by atoms with Crippen LogP contribution >= 0.6 is 0 Å². The number of hydrogen-bond donors (Lipinski definition) is 2. The second kappa shape index (κ2) is 7.44. The minimum absolute atomic E-state index is 0.0116. The molecule has 0 bridgehead atoms. The van der Waals surface area contributed by atoms with Gasteiger partial charge >= 0.3 is 5.97 Å². The molecule has 0 heterocycles. The van der Waals surface area contributed by atoms with Crippen LogP contribution in [0.2, 0.25) is 0 Å². The molecule has 0 aliphatic heterocycles. The van der Waals surface area contributed by atoms with E-state index >= 15 is 0 Å². The van der Waals surface area contributed by atoms with Gasteiger partial charge in [0.2, 0.25) is 5.91 Å². The van der Waals surface area contributed by atoms with E-state index in [-0.39, 0.29) is 35.3 Å². The van der Waals surface area contributed by atoms with Crippen molar-refractivity contribution in [3.63, 3.8) is 0 Å². The van der Waals surface area contributed by atoms with Crippen LogP contribution in [0.3, 0.4) is 0 Å². The zero-order valence-electron chi connectivity index (χ0n) is 12.8. The van der Waals surface area contributed by atoms with Crippen LogP contribution in [0.15, 0.2) is 0 Å². The Morgan fingerprint density at radius 1 is 1.00 bits per heavy atom. The van der Waals surface area contributed by atoms with Crippen molar-refractivity contribution in [2.24, 2.45) is 5.92 Å². The smallest absolute Gasteiger partial charge is 0.306 e. The fourth-order valence-electron chi connectivity index (χ4n) is 3.43. The summed E-state index contributed by atoms with van der Waals surface area (Å²) in [5.41, 5.74) is 0. The number of carboxylic acids is 1. The summed E-state index contributed by atoms with van der Waals surface area (Å²) in [6.45, 7) is 0. The molecular formula is C15H25NO5S. The summed E-state index contributed by atoms with van der Waals surface area (Å²) in [6.07, 6.45) is 5.83. The Kier molecular flexibility index (Phi) is 5.83. The predicted octanol–water partition coefficient (Wildman–Crippen LogP) is 1.49. The molecule has 2 N–H and O–H groups in total. The van der Waals surface area contributed by atoms with E-state index in [0.29, 0.717) is 25.7 Å². The second-order valence-electron chi connectivity index (χ2n) is 6.48. The second-order valence-corrected chi connectivity index (χ2v) is 8.88. The van der Waals surface area contributed by atoms with Crippen LogP contribution in [0.25, 0.3) is 0 Å². The number of sulfone groups is 1. The molecule has 7 heteroatoms. The number of hydrogen-bond acceptors (Lipinski definition) is 4. The molecule has 6 nitrogen and oxygen atoms in total. The number of rotatable bonds is 6. The number of aliphatic carboxylic acids is 1. The van der Waals surface area contributed by atoms with Crippen LogP contribution in [0.1, 0.15) is 57.8 Å². The van der Waals surface area contributed by atoms with Gasteiger partial charge < -0.3 is 10.4 Å². The highest BCUT2D eigenvalue weighted by Crippen LogP contribution is 2.26. The molecule has 126 valence electrons. The van der Waals surface area contributed by atoms with Crippen molar-refractivity contribution >= 4 is 21.7 Å². The molecule has 0 unspecified atom stereocenters. The molecule has 0 saturated heterocycles. The maximum atomic E-state index is 12.1. The maximum Gasteiger partial charge on any atom is 0.306 e. The lowest BCUT2D eigenvalue weighted by Crippen LogP contribution is -2.39. The van der Waals surface area contributed by atoms with Gasteiger partial charge in [-0.05, 0) is 38.5 Å². The van der Waals surface area contributed by atoms with Crippen LogP contribution < -0.4 is 5.32 Å². The quantitative estimate of drug-likeness (QED) is 0.768. The minimum Gasteiger partial charge on any atom is -0.481 e. The molecule has 2 fully saturated rings. The third-order valence-corrected chi connectivity index (χ3v) is 7.13. The van der Waals surface area contributed by atoms with E-state index in [0.717, 1.165) is 25.7 Å². The van der Waals surface area contributed by atoms with Crippen molar-refractivity contribution in [2.45, 2.75) is 69.1 Å². The fraction of sp³-hybridized carbons (Fsp3) is 0.867. The van der Waals surface area contributed by atoms with Gasteiger partial charge in [-0.3, -0.25) is 9.59 Å². The average Bonchev–Trinajstić information content (AvgIpc) is 3.01. The topological polar surface area (TPSA) is 101 Å². The highest BCUT2D eigenvalue weighted by molar-refractivity contribution is 7.92. The van der Waals surface area contributed by atoms with Gasteiger partial charge in [-0.25, -0.2) is 8.42 Å².